The maximum Gasteiger partial charge on any atom is 0.453 e. The Kier molecular flexibility index (Phi) is 8.62. The Bertz CT molecular complexity index is 1530. The molecule has 9 nitrogen and oxygen atoms in total. The first kappa shape index (κ1) is 29.8. The quantitative estimate of drug-likeness (QED) is 0.280. The number of aromatic nitrogens is 4. The standard InChI is InChI=1S/C32H33F3N6O3/c1-43-27-14-13-24(41-31(32(33,34)35)37-38-39-41)18-23(27)12-15-29(42)44-28-16-17-40-25(28)19-36-20-26(40)30(21-8-4-2-5-9-21)22-10-6-3-7-11-22/h2-11,13-14,18,25-26,28,30,36H,12,15-17,19-20H2,1H3/t25-,26+,28-/m1/s1. The van der Waals surface area contributed by atoms with E-state index in [0.717, 1.165) is 19.5 Å². The Morgan fingerprint density at radius 1 is 1.02 bits per heavy atom. The van der Waals surface area contributed by atoms with E-state index >= 15 is 0 Å². The lowest BCUT2D eigenvalue weighted by molar-refractivity contribution is -0.150. The van der Waals surface area contributed by atoms with Crippen LogP contribution in [0.1, 0.15) is 41.3 Å². The maximum atomic E-state index is 13.4. The van der Waals surface area contributed by atoms with E-state index in [2.05, 4.69) is 74.3 Å². The Morgan fingerprint density at radius 3 is 2.39 bits per heavy atom. The summed E-state index contributed by atoms with van der Waals surface area (Å²) in [7, 11) is 1.47. The van der Waals surface area contributed by atoms with Crippen LogP contribution in [-0.4, -0.2) is 76.0 Å². The first-order valence-corrected chi connectivity index (χ1v) is 14.6. The first-order valence-electron chi connectivity index (χ1n) is 14.6. The highest BCUT2D eigenvalue weighted by Crippen LogP contribution is 2.37. The van der Waals surface area contributed by atoms with Crippen LogP contribution in [0.5, 0.6) is 5.75 Å². The number of fused-ring (bicyclic) bond motifs is 1. The number of piperazine rings is 1. The number of hydrogen-bond donors (Lipinski definition) is 1. The highest BCUT2D eigenvalue weighted by atomic mass is 19.4. The van der Waals surface area contributed by atoms with E-state index in [1.807, 2.05) is 12.1 Å². The summed E-state index contributed by atoms with van der Waals surface area (Å²) >= 11 is 0. The first-order chi connectivity index (χ1) is 21.3. The molecule has 0 unspecified atom stereocenters. The zero-order valence-electron chi connectivity index (χ0n) is 24.2. The number of nitrogens with one attached hydrogen (secondary N) is 1. The van der Waals surface area contributed by atoms with E-state index in [-0.39, 0.29) is 48.6 Å². The van der Waals surface area contributed by atoms with Crippen LogP contribution in [0.3, 0.4) is 0 Å². The number of aryl methyl sites for hydroxylation is 1. The van der Waals surface area contributed by atoms with Crippen molar-refractivity contribution in [2.45, 2.75) is 49.5 Å². The molecule has 230 valence electrons. The molecule has 0 aliphatic carbocycles. The van der Waals surface area contributed by atoms with Gasteiger partial charge in [-0.25, -0.2) is 0 Å². The van der Waals surface area contributed by atoms with Crippen molar-refractivity contribution in [3.63, 3.8) is 0 Å². The lowest BCUT2D eigenvalue weighted by Crippen LogP contribution is -2.59. The fraction of sp³-hybridized carbons (Fsp3) is 0.375. The van der Waals surface area contributed by atoms with Crippen LogP contribution in [0.4, 0.5) is 13.2 Å². The molecule has 1 N–H and O–H groups in total. The van der Waals surface area contributed by atoms with Crippen LogP contribution in [-0.2, 0) is 22.1 Å². The summed E-state index contributed by atoms with van der Waals surface area (Å²) in [5, 5.41) is 13.4. The van der Waals surface area contributed by atoms with Crippen molar-refractivity contribution in [3.8, 4) is 11.4 Å². The van der Waals surface area contributed by atoms with Gasteiger partial charge in [0.25, 0.3) is 5.82 Å². The smallest absolute Gasteiger partial charge is 0.453 e. The molecule has 6 rings (SSSR count). The average molecular weight is 607 g/mol. The zero-order chi connectivity index (χ0) is 30.7. The Hall–Kier alpha value is -4.29. The van der Waals surface area contributed by atoms with Gasteiger partial charge < -0.3 is 14.8 Å². The van der Waals surface area contributed by atoms with Gasteiger partial charge in [0.05, 0.1) is 18.8 Å². The predicted molar refractivity (Wildman–Crippen MR) is 155 cm³/mol. The third kappa shape index (κ3) is 6.18. The van der Waals surface area contributed by atoms with Crippen LogP contribution in [0.2, 0.25) is 0 Å². The minimum atomic E-state index is -4.72. The van der Waals surface area contributed by atoms with E-state index in [9.17, 15) is 18.0 Å². The van der Waals surface area contributed by atoms with Crippen molar-refractivity contribution in [3.05, 3.63) is 101 Å². The van der Waals surface area contributed by atoms with E-state index in [4.69, 9.17) is 9.47 Å². The van der Waals surface area contributed by atoms with Gasteiger partial charge in [-0.2, -0.15) is 17.9 Å². The highest BCUT2D eigenvalue weighted by Gasteiger charge is 2.45. The summed E-state index contributed by atoms with van der Waals surface area (Å²) in [6, 6.07) is 25.7. The summed E-state index contributed by atoms with van der Waals surface area (Å²) in [6.07, 6.45) is -4.02. The number of nitrogens with zero attached hydrogens (tertiary/aromatic N) is 5. The third-order valence-corrected chi connectivity index (χ3v) is 8.47. The molecule has 2 fully saturated rings. The number of alkyl halides is 3. The minimum Gasteiger partial charge on any atom is -0.496 e. The summed E-state index contributed by atoms with van der Waals surface area (Å²) in [4.78, 5) is 15.6. The van der Waals surface area contributed by atoms with Crippen LogP contribution < -0.4 is 10.1 Å². The van der Waals surface area contributed by atoms with Crippen molar-refractivity contribution in [2.24, 2.45) is 0 Å². The molecule has 12 heteroatoms. The molecule has 0 spiro atoms. The molecule has 3 aromatic carbocycles. The normalized spacial score (nSPS) is 20.4. The SMILES string of the molecule is COc1ccc(-n2nnnc2C(F)(F)F)cc1CCC(=O)O[C@@H]1CCN2[C@@H]1CNC[C@H]2C(c1ccccc1)c1ccccc1. The van der Waals surface area contributed by atoms with Gasteiger partial charge in [-0.05, 0) is 58.2 Å². The lowest BCUT2D eigenvalue weighted by Gasteiger charge is -2.43. The van der Waals surface area contributed by atoms with Crippen LogP contribution in [0.25, 0.3) is 5.69 Å². The molecule has 4 aromatic rings. The maximum absolute atomic E-state index is 13.4. The van der Waals surface area contributed by atoms with Gasteiger partial charge in [-0.1, -0.05) is 60.7 Å². The number of methoxy groups -OCH3 is 1. The van der Waals surface area contributed by atoms with E-state index in [1.165, 1.54) is 36.4 Å². The number of carbonyl (C=O) groups is 1. The second-order valence-electron chi connectivity index (χ2n) is 11.1. The van der Waals surface area contributed by atoms with Gasteiger partial charge in [0, 0.05) is 38.0 Å². The zero-order valence-corrected chi connectivity index (χ0v) is 24.2. The number of tetrazole rings is 1. The predicted octanol–water partition coefficient (Wildman–Crippen LogP) is 4.41. The summed E-state index contributed by atoms with van der Waals surface area (Å²) < 4.78 is 52.2. The molecule has 3 atom stereocenters. The van der Waals surface area contributed by atoms with E-state index < -0.39 is 12.0 Å². The molecule has 44 heavy (non-hydrogen) atoms. The van der Waals surface area contributed by atoms with Crippen molar-refractivity contribution >= 4 is 5.97 Å². The van der Waals surface area contributed by atoms with Gasteiger partial charge in [-0.15, -0.1) is 5.10 Å². The van der Waals surface area contributed by atoms with E-state index in [0.29, 0.717) is 22.5 Å². The second kappa shape index (κ2) is 12.7. The minimum absolute atomic E-state index is 0.0334. The number of esters is 1. The van der Waals surface area contributed by atoms with Crippen molar-refractivity contribution in [2.75, 3.05) is 26.7 Å². The molecule has 0 bridgehead atoms. The molecular formula is C32H33F3N6O3. The van der Waals surface area contributed by atoms with Gasteiger partial charge in [-0.3, -0.25) is 9.69 Å². The Labute approximate surface area is 253 Å². The Balaban J connectivity index is 1.14. The Morgan fingerprint density at radius 2 is 1.73 bits per heavy atom. The molecule has 2 saturated heterocycles. The molecule has 0 saturated carbocycles. The van der Waals surface area contributed by atoms with Crippen LogP contribution >= 0.6 is 0 Å². The molecular weight excluding hydrogens is 573 g/mol. The van der Waals surface area contributed by atoms with Crippen molar-refractivity contribution < 1.29 is 27.4 Å². The summed E-state index contributed by atoms with van der Waals surface area (Å²) in [6.45, 7) is 2.35. The number of benzene rings is 3. The summed E-state index contributed by atoms with van der Waals surface area (Å²) in [5.41, 5.74) is 3.15. The lowest BCUT2D eigenvalue weighted by atomic mass is 9.83. The molecule has 0 amide bonds. The van der Waals surface area contributed by atoms with E-state index in [1.54, 1.807) is 0 Å². The topological polar surface area (TPSA) is 94.4 Å². The number of ether oxygens (including phenoxy) is 2. The monoisotopic (exact) mass is 606 g/mol. The highest BCUT2D eigenvalue weighted by molar-refractivity contribution is 5.70. The molecule has 3 heterocycles. The fourth-order valence-electron chi connectivity index (χ4n) is 6.50. The number of carbonyl (C=O) groups excluding carboxylic acids is 1. The van der Waals surface area contributed by atoms with Crippen molar-refractivity contribution in [1.82, 2.24) is 30.4 Å². The number of rotatable bonds is 9. The van der Waals surface area contributed by atoms with Gasteiger partial charge >= 0.3 is 12.1 Å². The second-order valence-corrected chi connectivity index (χ2v) is 11.1. The van der Waals surface area contributed by atoms with Gasteiger partial charge in [0.15, 0.2) is 0 Å². The van der Waals surface area contributed by atoms with Crippen molar-refractivity contribution in [1.29, 1.82) is 0 Å². The third-order valence-electron chi connectivity index (χ3n) is 8.47. The molecule has 0 radical (unpaired) electrons. The average Bonchev–Trinajstić information content (AvgIpc) is 3.70. The van der Waals surface area contributed by atoms with Gasteiger partial charge in [0.2, 0.25) is 0 Å². The number of hydrogen-bond acceptors (Lipinski definition) is 8. The fourth-order valence-corrected chi connectivity index (χ4v) is 6.50. The largest absolute Gasteiger partial charge is 0.496 e. The van der Waals surface area contributed by atoms with Crippen LogP contribution in [0.15, 0.2) is 78.9 Å². The number of halogens is 3. The molecule has 2 aliphatic rings. The van der Waals surface area contributed by atoms with Crippen LogP contribution in [0, 0.1) is 0 Å². The molecule has 2 aliphatic heterocycles. The molecule has 1 aromatic heterocycles. The van der Waals surface area contributed by atoms with Gasteiger partial charge in [0.1, 0.15) is 11.9 Å². The summed E-state index contributed by atoms with van der Waals surface area (Å²) in [5.74, 6) is -1.00.